The molecular weight excluding hydrogens is 418 g/mol. The molecule has 1 saturated carbocycles. The van der Waals surface area contributed by atoms with Crippen molar-refractivity contribution in [3.63, 3.8) is 0 Å². The standard InChI is InChI=1S/C25H25N5O3/c31-22(27-13-17-4-3-5-18(12-17)15-29-11-10-26-16-29)14-28-24(32)23-20-6-1-2-7-21(20)25(33)30(23)19-8-9-19/h1-7,10-12,16,19,23H,8-9,13-15H2,(H,27,31)(H,28,32). The zero-order valence-corrected chi connectivity index (χ0v) is 18.1. The Kier molecular flexibility index (Phi) is 5.64. The summed E-state index contributed by atoms with van der Waals surface area (Å²) in [6.07, 6.45) is 7.21. The van der Waals surface area contributed by atoms with Crippen LogP contribution in [0.25, 0.3) is 0 Å². The minimum Gasteiger partial charge on any atom is -0.350 e. The molecule has 2 heterocycles. The van der Waals surface area contributed by atoms with Gasteiger partial charge < -0.3 is 20.1 Å². The summed E-state index contributed by atoms with van der Waals surface area (Å²) in [5.74, 6) is -0.704. The molecular formula is C25H25N5O3. The number of rotatable bonds is 8. The van der Waals surface area contributed by atoms with Gasteiger partial charge in [-0.15, -0.1) is 0 Å². The first kappa shape index (κ1) is 20.9. The molecule has 0 bridgehead atoms. The lowest BCUT2D eigenvalue weighted by Gasteiger charge is -2.24. The molecule has 5 rings (SSSR count). The van der Waals surface area contributed by atoms with E-state index >= 15 is 0 Å². The van der Waals surface area contributed by atoms with Crippen LogP contribution in [0.5, 0.6) is 0 Å². The van der Waals surface area contributed by atoms with Gasteiger partial charge in [0.25, 0.3) is 5.91 Å². The Morgan fingerprint density at radius 1 is 1.03 bits per heavy atom. The van der Waals surface area contributed by atoms with Crippen molar-refractivity contribution in [1.29, 1.82) is 0 Å². The highest BCUT2D eigenvalue weighted by Gasteiger charge is 2.47. The van der Waals surface area contributed by atoms with Crippen molar-refractivity contribution in [1.82, 2.24) is 25.1 Å². The number of hydrogen-bond acceptors (Lipinski definition) is 4. The van der Waals surface area contributed by atoms with Gasteiger partial charge in [0.1, 0.15) is 6.04 Å². The molecule has 8 heteroatoms. The zero-order valence-electron chi connectivity index (χ0n) is 18.1. The first-order valence-corrected chi connectivity index (χ1v) is 11.1. The second-order valence-corrected chi connectivity index (χ2v) is 8.48. The van der Waals surface area contributed by atoms with Crippen LogP contribution in [0.3, 0.4) is 0 Å². The first-order valence-electron chi connectivity index (χ1n) is 11.1. The smallest absolute Gasteiger partial charge is 0.255 e. The Hall–Kier alpha value is -3.94. The Morgan fingerprint density at radius 3 is 2.64 bits per heavy atom. The molecule has 3 aromatic rings. The normalized spacial score (nSPS) is 17.0. The van der Waals surface area contributed by atoms with Crippen molar-refractivity contribution in [2.45, 2.75) is 38.0 Å². The molecule has 1 aromatic heterocycles. The van der Waals surface area contributed by atoms with Gasteiger partial charge in [-0.1, -0.05) is 42.5 Å². The number of carbonyl (C=O) groups excluding carboxylic acids is 3. The first-order chi connectivity index (χ1) is 16.1. The van der Waals surface area contributed by atoms with E-state index in [-0.39, 0.29) is 30.3 Å². The molecule has 8 nitrogen and oxygen atoms in total. The highest BCUT2D eigenvalue weighted by molar-refractivity contribution is 6.05. The molecule has 0 saturated heterocycles. The SMILES string of the molecule is O=C(CNC(=O)C1c2ccccc2C(=O)N1C1CC1)NCc1cccc(Cn2ccnc2)c1. The van der Waals surface area contributed by atoms with Gasteiger partial charge in [0.15, 0.2) is 0 Å². The minimum absolute atomic E-state index is 0.101. The maximum atomic E-state index is 13.0. The molecule has 33 heavy (non-hydrogen) atoms. The van der Waals surface area contributed by atoms with Crippen LogP contribution in [0, 0.1) is 0 Å². The monoisotopic (exact) mass is 443 g/mol. The number of carbonyl (C=O) groups is 3. The molecule has 0 spiro atoms. The fourth-order valence-corrected chi connectivity index (χ4v) is 4.29. The maximum Gasteiger partial charge on any atom is 0.255 e. The quantitative estimate of drug-likeness (QED) is 0.557. The average molecular weight is 444 g/mol. The van der Waals surface area contributed by atoms with Crippen LogP contribution in [0.2, 0.25) is 0 Å². The van der Waals surface area contributed by atoms with E-state index in [2.05, 4.69) is 15.6 Å². The van der Waals surface area contributed by atoms with Gasteiger partial charge in [0.05, 0.1) is 12.9 Å². The van der Waals surface area contributed by atoms with Gasteiger partial charge in [-0.3, -0.25) is 14.4 Å². The number of benzene rings is 2. The summed E-state index contributed by atoms with van der Waals surface area (Å²) in [4.78, 5) is 43.9. The third-order valence-corrected chi connectivity index (χ3v) is 6.02. The molecule has 3 amide bonds. The van der Waals surface area contributed by atoms with Crippen LogP contribution in [0.4, 0.5) is 0 Å². The van der Waals surface area contributed by atoms with E-state index in [1.54, 1.807) is 29.6 Å². The number of nitrogens with zero attached hydrogens (tertiary/aromatic N) is 3. The fourth-order valence-electron chi connectivity index (χ4n) is 4.29. The zero-order chi connectivity index (χ0) is 22.8. The van der Waals surface area contributed by atoms with E-state index in [1.807, 2.05) is 47.2 Å². The lowest BCUT2D eigenvalue weighted by atomic mass is 10.0. The lowest BCUT2D eigenvalue weighted by Crippen LogP contribution is -2.43. The van der Waals surface area contributed by atoms with Crippen molar-refractivity contribution in [2.75, 3.05) is 6.54 Å². The molecule has 168 valence electrons. The largest absolute Gasteiger partial charge is 0.350 e. The predicted molar refractivity (Wildman–Crippen MR) is 121 cm³/mol. The minimum atomic E-state index is -0.672. The lowest BCUT2D eigenvalue weighted by molar-refractivity contribution is -0.129. The van der Waals surface area contributed by atoms with Gasteiger partial charge >= 0.3 is 0 Å². The van der Waals surface area contributed by atoms with Crippen molar-refractivity contribution in [3.8, 4) is 0 Å². The maximum absolute atomic E-state index is 13.0. The van der Waals surface area contributed by atoms with E-state index in [0.29, 0.717) is 24.2 Å². The third-order valence-electron chi connectivity index (χ3n) is 6.02. The number of aromatic nitrogens is 2. The van der Waals surface area contributed by atoms with Crippen molar-refractivity contribution in [2.24, 2.45) is 0 Å². The van der Waals surface area contributed by atoms with Crippen LogP contribution in [-0.2, 0) is 22.7 Å². The van der Waals surface area contributed by atoms with Crippen molar-refractivity contribution in [3.05, 3.63) is 89.5 Å². The van der Waals surface area contributed by atoms with E-state index < -0.39 is 6.04 Å². The van der Waals surface area contributed by atoms with Gasteiger partial charge in [-0.05, 0) is 35.6 Å². The van der Waals surface area contributed by atoms with Gasteiger partial charge in [-0.2, -0.15) is 0 Å². The molecule has 2 aliphatic rings. The van der Waals surface area contributed by atoms with E-state index in [0.717, 1.165) is 24.0 Å². The number of amides is 3. The van der Waals surface area contributed by atoms with Gasteiger partial charge in [-0.25, -0.2) is 4.98 Å². The molecule has 1 atom stereocenters. The van der Waals surface area contributed by atoms with E-state index in [9.17, 15) is 14.4 Å². The second kappa shape index (κ2) is 8.90. The molecule has 1 fully saturated rings. The fraction of sp³-hybridized carbons (Fsp3) is 0.280. The van der Waals surface area contributed by atoms with Gasteiger partial charge in [0, 0.05) is 37.1 Å². The van der Waals surface area contributed by atoms with E-state index in [4.69, 9.17) is 0 Å². The van der Waals surface area contributed by atoms with Crippen molar-refractivity contribution >= 4 is 17.7 Å². The average Bonchev–Trinajstić information content (AvgIpc) is 3.45. The Bertz CT molecular complexity index is 1190. The number of fused-ring (bicyclic) bond motifs is 1. The van der Waals surface area contributed by atoms with Crippen LogP contribution in [-0.4, -0.2) is 44.8 Å². The van der Waals surface area contributed by atoms with Crippen LogP contribution < -0.4 is 10.6 Å². The van der Waals surface area contributed by atoms with Crippen LogP contribution in [0.15, 0.2) is 67.3 Å². The Labute approximate surface area is 191 Å². The second-order valence-electron chi connectivity index (χ2n) is 8.48. The molecule has 2 N–H and O–H groups in total. The predicted octanol–water partition coefficient (Wildman–Crippen LogP) is 2.02. The molecule has 0 radical (unpaired) electrons. The van der Waals surface area contributed by atoms with Gasteiger partial charge in [0.2, 0.25) is 11.8 Å². The number of nitrogens with one attached hydrogen (secondary N) is 2. The van der Waals surface area contributed by atoms with E-state index in [1.165, 1.54) is 0 Å². The highest BCUT2D eigenvalue weighted by atomic mass is 16.2. The van der Waals surface area contributed by atoms with Crippen LogP contribution >= 0.6 is 0 Å². The number of imidazole rings is 1. The summed E-state index contributed by atoms with van der Waals surface area (Å²) in [6.45, 7) is 0.932. The third kappa shape index (κ3) is 4.50. The number of hydrogen-bond donors (Lipinski definition) is 2. The van der Waals surface area contributed by atoms with Crippen molar-refractivity contribution < 1.29 is 14.4 Å². The summed E-state index contributed by atoms with van der Waals surface area (Å²) in [7, 11) is 0. The molecule has 1 aliphatic carbocycles. The van der Waals surface area contributed by atoms with Crippen LogP contribution in [0.1, 0.15) is 45.9 Å². The Morgan fingerprint density at radius 2 is 1.85 bits per heavy atom. The highest BCUT2D eigenvalue weighted by Crippen LogP contribution is 2.41. The molecule has 2 aromatic carbocycles. The summed E-state index contributed by atoms with van der Waals surface area (Å²) in [5, 5.41) is 5.57. The Balaban J connectivity index is 1.16. The molecule has 1 unspecified atom stereocenters. The summed E-state index contributed by atoms with van der Waals surface area (Å²) in [5.41, 5.74) is 3.37. The molecule has 1 aliphatic heterocycles. The summed E-state index contributed by atoms with van der Waals surface area (Å²) < 4.78 is 1.98. The summed E-state index contributed by atoms with van der Waals surface area (Å²) in [6, 6.07) is 14.6. The topological polar surface area (TPSA) is 96.3 Å². The summed E-state index contributed by atoms with van der Waals surface area (Å²) >= 11 is 0.